The van der Waals surface area contributed by atoms with Crippen LogP contribution in [0.2, 0.25) is 0 Å². The van der Waals surface area contributed by atoms with E-state index in [1.165, 1.54) is 0 Å². The molecule has 0 saturated carbocycles. The average Bonchev–Trinajstić information content (AvgIpc) is 2.56. The van der Waals surface area contributed by atoms with Crippen molar-refractivity contribution in [2.45, 2.75) is 12.6 Å². The van der Waals surface area contributed by atoms with E-state index in [1.807, 2.05) is 24.1 Å². The van der Waals surface area contributed by atoms with Crippen LogP contribution in [0.1, 0.15) is 5.76 Å². The topological polar surface area (TPSA) is 36.6 Å². The van der Waals surface area contributed by atoms with Gasteiger partial charge in [-0.2, -0.15) is 0 Å². The van der Waals surface area contributed by atoms with Crippen LogP contribution in [-0.2, 0) is 6.54 Å². The molecule has 0 aromatic carbocycles. The lowest BCUT2D eigenvalue weighted by Gasteiger charge is -2.17. The van der Waals surface area contributed by atoms with Gasteiger partial charge in [-0.25, -0.2) is 0 Å². The molecule has 0 amide bonds. The van der Waals surface area contributed by atoms with Crippen molar-refractivity contribution in [2.24, 2.45) is 0 Å². The number of likely N-dealkylation sites (N-methyl/N-ethyl adjacent to an activating group) is 1. The quantitative estimate of drug-likeness (QED) is 0.734. The highest BCUT2D eigenvalue weighted by atomic mass is 35.5. The van der Waals surface area contributed by atoms with Crippen molar-refractivity contribution < 1.29 is 9.52 Å². The first kappa shape index (κ1) is 10.6. The Morgan fingerprint density at radius 2 is 2.46 bits per heavy atom. The molecule has 3 nitrogen and oxygen atoms in total. The lowest BCUT2D eigenvalue weighted by atomic mass is 10.3. The number of furan rings is 1. The molecule has 1 aromatic rings. The molecule has 0 fully saturated rings. The zero-order valence-electron chi connectivity index (χ0n) is 7.61. The number of aliphatic hydroxyl groups excluding tert-OH is 1. The number of hydrogen-bond donors (Lipinski definition) is 1. The third kappa shape index (κ3) is 3.81. The van der Waals surface area contributed by atoms with Gasteiger partial charge in [0.15, 0.2) is 0 Å². The molecule has 4 heteroatoms. The van der Waals surface area contributed by atoms with Crippen LogP contribution in [0.4, 0.5) is 0 Å². The van der Waals surface area contributed by atoms with Gasteiger partial charge in [-0.05, 0) is 19.2 Å². The number of rotatable bonds is 5. The van der Waals surface area contributed by atoms with Crippen LogP contribution in [0.15, 0.2) is 22.8 Å². The van der Waals surface area contributed by atoms with Crippen LogP contribution in [0.5, 0.6) is 0 Å². The molecule has 13 heavy (non-hydrogen) atoms. The molecule has 0 aliphatic rings. The predicted molar refractivity (Wildman–Crippen MR) is 51.8 cm³/mol. The van der Waals surface area contributed by atoms with Crippen molar-refractivity contribution in [1.29, 1.82) is 0 Å². The van der Waals surface area contributed by atoms with E-state index < -0.39 is 6.10 Å². The molecule has 1 heterocycles. The van der Waals surface area contributed by atoms with E-state index in [2.05, 4.69) is 0 Å². The highest BCUT2D eigenvalue weighted by Crippen LogP contribution is 2.04. The summed E-state index contributed by atoms with van der Waals surface area (Å²) >= 11 is 5.48. The van der Waals surface area contributed by atoms with Gasteiger partial charge in [-0.15, -0.1) is 11.6 Å². The zero-order valence-corrected chi connectivity index (χ0v) is 8.37. The summed E-state index contributed by atoms with van der Waals surface area (Å²) in [6.45, 7) is 1.26. The van der Waals surface area contributed by atoms with Crippen LogP contribution >= 0.6 is 11.6 Å². The molecule has 1 rings (SSSR count). The van der Waals surface area contributed by atoms with Crippen LogP contribution in [0, 0.1) is 0 Å². The fourth-order valence-corrected chi connectivity index (χ4v) is 1.24. The van der Waals surface area contributed by atoms with Gasteiger partial charge in [0.1, 0.15) is 5.76 Å². The smallest absolute Gasteiger partial charge is 0.117 e. The second-order valence-electron chi connectivity index (χ2n) is 3.08. The average molecular weight is 204 g/mol. The van der Waals surface area contributed by atoms with Crippen molar-refractivity contribution >= 4 is 11.6 Å². The van der Waals surface area contributed by atoms with Gasteiger partial charge < -0.3 is 9.52 Å². The highest BCUT2D eigenvalue weighted by Gasteiger charge is 2.07. The number of hydrogen-bond acceptors (Lipinski definition) is 3. The first-order chi connectivity index (χ1) is 6.22. The maximum absolute atomic E-state index is 9.25. The highest BCUT2D eigenvalue weighted by molar-refractivity contribution is 6.18. The molecule has 74 valence electrons. The molecule has 0 saturated heterocycles. The number of halogens is 1. The zero-order chi connectivity index (χ0) is 9.68. The number of alkyl halides is 1. The van der Waals surface area contributed by atoms with Gasteiger partial charge in [0, 0.05) is 12.4 Å². The molecule has 1 N–H and O–H groups in total. The van der Waals surface area contributed by atoms with E-state index in [-0.39, 0.29) is 5.88 Å². The van der Waals surface area contributed by atoms with E-state index in [1.54, 1.807) is 6.26 Å². The fraction of sp³-hybridized carbons (Fsp3) is 0.556. The summed E-state index contributed by atoms with van der Waals surface area (Å²) < 4.78 is 5.16. The molecule has 0 radical (unpaired) electrons. The van der Waals surface area contributed by atoms with Crippen molar-refractivity contribution in [3.8, 4) is 0 Å². The maximum atomic E-state index is 9.25. The lowest BCUT2D eigenvalue weighted by Crippen LogP contribution is -2.29. The fourth-order valence-electron chi connectivity index (χ4n) is 1.14. The molecular formula is C9H14ClNO2. The summed E-state index contributed by atoms with van der Waals surface area (Å²) in [4.78, 5) is 1.96. The Labute approximate surface area is 82.9 Å². The molecule has 0 spiro atoms. The van der Waals surface area contributed by atoms with Gasteiger partial charge in [0.25, 0.3) is 0 Å². The van der Waals surface area contributed by atoms with E-state index in [0.29, 0.717) is 13.1 Å². The third-order valence-corrected chi connectivity index (χ3v) is 2.06. The van der Waals surface area contributed by atoms with Crippen molar-refractivity contribution in [3.05, 3.63) is 24.2 Å². The summed E-state index contributed by atoms with van der Waals surface area (Å²) in [7, 11) is 1.91. The Morgan fingerprint density at radius 3 is 3.00 bits per heavy atom. The van der Waals surface area contributed by atoms with Crippen molar-refractivity contribution in [3.63, 3.8) is 0 Å². The SMILES string of the molecule is CN(Cc1ccco1)CC(O)CCl. The van der Waals surface area contributed by atoms with Gasteiger partial charge in [-0.1, -0.05) is 0 Å². The largest absolute Gasteiger partial charge is 0.468 e. The molecule has 1 atom stereocenters. The Bertz CT molecular complexity index is 226. The Balaban J connectivity index is 2.29. The maximum Gasteiger partial charge on any atom is 0.117 e. The lowest BCUT2D eigenvalue weighted by molar-refractivity contribution is 0.137. The van der Waals surface area contributed by atoms with E-state index in [9.17, 15) is 5.11 Å². The van der Waals surface area contributed by atoms with Crippen molar-refractivity contribution in [2.75, 3.05) is 19.5 Å². The molecule has 0 aliphatic carbocycles. The number of aliphatic hydroxyl groups is 1. The minimum Gasteiger partial charge on any atom is -0.468 e. The van der Waals surface area contributed by atoms with Gasteiger partial charge in [-0.3, -0.25) is 4.90 Å². The first-order valence-electron chi connectivity index (χ1n) is 4.17. The standard InChI is InChI=1S/C9H14ClNO2/c1-11(6-8(12)5-10)7-9-3-2-4-13-9/h2-4,8,12H,5-7H2,1H3. The molecule has 0 bridgehead atoms. The van der Waals surface area contributed by atoms with Gasteiger partial charge in [0.05, 0.1) is 18.9 Å². The van der Waals surface area contributed by atoms with Crippen LogP contribution in [-0.4, -0.2) is 35.6 Å². The van der Waals surface area contributed by atoms with E-state index in [0.717, 1.165) is 5.76 Å². The van der Waals surface area contributed by atoms with Gasteiger partial charge >= 0.3 is 0 Å². The molecular weight excluding hydrogens is 190 g/mol. The van der Waals surface area contributed by atoms with Crippen LogP contribution in [0.25, 0.3) is 0 Å². The van der Waals surface area contributed by atoms with Crippen molar-refractivity contribution in [1.82, 2.24) is 4.90 Å². The number of nitrogens with zero attached hydrogens (tertiary/aromatic N) is 1. The first-order valence-corrected chi connectivity index (χ1v) is 4.70. The molecule has 0 aliphatic heterocycles. The second kappa shape index (κ2) is 5.27. The normalized spacial score (nSPS) is 13.5. The predicted octanol–water partition coefficient (Wildman–Crippen LogP) is 1.31. The van der Waals surface area contributed by atoms with Crippen LogP contribution < -0.4 is 0 Å². The third-order valence-electron chi connectivity index (χ3n) is 1.71. The van der Waals surface area contributed by atoms with E-state index in [4.69, 9.17) is 16.0 Å². The summed E-state index contributed by atoms with van der Waals surface area (Å²) in [5.41, 5.74) is 0. The molecule has 1 unspecified atom stereocenters. The second-order valence-corrected chi connectivity index (χ2v) is 3.39. The monoisotopic (exact) mass is 203 g/mol. The Hall–Kier alpha value is -0.510. The van der Waals surface area contributed by atoms with E-state index >= 15 is 0 Å². The molecule has 1 aromatic heterocycles. The summed E-state index contributed by atoms with van der Waals surface area (Å²) in [6.07, 6.45) is 1.17. The Kier molecular flexibility index (Phi) is 4.28. The summed E-state index contributed by atoms with van der Waals surface area (Å²) in [5.74, 6) is 1.16. The summed E-state index contributed by atoms with van der Waals surface area (Å²) in [5, 5.41) is 9.25. The minimum atomic E-state index is -0.471. The minimum absolute atomic E-state index is 0.266. The Morgan fingerprint density at radius 1 is 1.69 bits per heavy atom. The van der Waals surface area contributed by atoms with Gasteiger partial charge in [0.2, 0.25) is 0 Å². The van der Waals surface area contributed by atoms with Crippen LogP contribution in [0.3, 0.4) is 0 Å². The summed E-state index contributed by atoms with van der Waals surface area (Å²) in [6, 6.07) is 3.75.